The first kappa shape index (κ1) is 21.4. The molecule has 1 unspecified atom stereocenters. The van der Waals surface area contributed by atoms with Crippen molar-refractivity contribution in [2.45, 2.75) is 12.6 Å². The quantitative estimate of drug-likeness (QED) is 0.466. The molecule has 2 aromatic rings. The molecule has 3 rings (SSSR count). The summed E-state index contributed by atoms with van der Waals surface area (Å²) in [7, 11) is 0. The minimum Gasteiger partial charge on any atom is -0.480 e. The normalized spacial score (nSPS) is 13.7. The highest BCUT2D eigenvalue weighted by Gasteiger charge is 2.34. The van der Waals surface area contributed by atoms with Crippen molar-refractivity contribution >= 4 is 35.6 Å². The minimum absolute atomic E-state index is 0.0336. The molecule has 1 atom stereocenters. The standard InChI is InChI=1S/C21H20N2O6S/c24-18-15-8-4-5-9-16(15)19(25)23(18)10-11-30-13-17(20(26)27)22-21(28)29-12-14-6-2-1-3-7-14/h1-9,17H,10-13H2,(H,22,28)(H,26,27). The van der Waals surface area contributed by atoms with Crippen LogP contribution in [0.3, 0.4) is 0 Å². The van der Waals surface area contributed by atoms with Crippen LogP contribution in [0.15, 0.2) is 54.6 Å². The number of carboxylic acids is 1. The number of fused-ring (bicyclic) bond motifs is 1. The van der Waals surface area contributed by atoms with Crippen molar-refractivity contribution < 1.29 is 29.0 Å². The highest BCUT2D eigenvalue weighted by Crippen LogP contribution is 2.22. The van der Waals surface area contributed by atoms with Gasteiger partial charge in [0.15, 0.2) is 0 Å². The number of benzene rings is 2. The van der Waals surface area contributed by atoms with E-state index in [9.17, 15) is 24.3 Å². The van der Waals surface area contributed by atoms with E-state index in [1.807, 2.05) is 18.2 Å². The third kappa shape index (κ3) is 5.18. The molecule has 1 aliphatic heterocycles. The molecule has 0 radical (unpaired) electrons. The molecular weight excluding hydrogens is 408 g/mol. The maximum Gasteiger partial charge on any atom is 0.408 e. The number of hydrogen-bond acceptors (Lipinski definition) is 6. The lowest BCUT2D eigenvalue weighted by molar-refractivity contribution is -0.138. The van der Waals surface area contributed by atoms with E-state index < -0.39 is 18.1 Å². The smallest absolute Gasteiger partial charge is 0.408 e. The number of carbonyl (C=O) groups excluding carboxylic acids is 3. The van der Waals surface area contributed by atoms with E-state index in [0.717, 1.165) is 10.5 Å². The Labute approximate surface area is 177 Å². The Kier molecular flexibility index (Phi) is 7.08. The third-order valence-electron chi connectivity index (χ3n) is 4.42. The Morgan fingerprint density at radius 2 is 1.60 bits per heavy atom. The zero-order chi connectivity index (χ0) is 21.5. The second-order valence-electron chi connectivity index (χ2n) is 6.48. The summed E-state index contributed by atoms with van der Waals surface area (Å²) in [6.07, 6.45) is -0.827. The molecule has 156 valence electrons. The number of thioether (sulfide) groups is 1. The highest BCUT2D eigenvalue weighted by atomic mass is 32.2. The SMILES string of the molecule is O=C(NC(CSCCN1C(=O)c2ccccc2C1=O)C(=O)O)OCc1ccccc1. The van der Waals surface area contributed by atoms with Crippen LogP contribution in [0.25, 0.3) is 0 Å². The molecule has 0 saturated carbocycles. The maximum absolute atomic E-state index is 12.3. The van der Waals surface area contributed by atoms with Gasteiger partial charge in [-0.3, -0.25) is 14.5 Å². The Hall–Kier alpha value is -3.33. The first-order chi connectivity index (χ1) is 14.5. The molecule has 0 saturated heterocycles. The van der Waals surface area contributed by atoms with Gasteiger partial charge in [-0.1, -0.05) is 42.5 Å². The fourth-order valence-electron chi connectivity index (χ4n) is 2.88. The van der Waals surface area contributed by atoms with E-state index in [0.29, 0.717) is 16.9 Å². The molecule has 30 heavy (non-hydrogen) atoms. The zero-order valence-electron chi connectivity index (χ0n) is 15.9. The van der Waals surface area contributed by atoms with Crippen molar-refractivity contribution in [3.8, 4) is 0 Å². The number of amides is 3. The van der Waals surface area contributed by atoms with E-state index in [1.165, 1.54) is 11.8 Å². The van der Waals surface area contributed by atoms with Gasteiger partial charge in [0.25, 0.3) is 11.8 Å². The summed E-state index contributed by atoms with van der Waals surface area (Å²) in [5, 5.41) is 11.6. The topological polar surface area (TPSA) is 113 Å². The number of imide groups is 1. The summed E-state index contributed by atoms with van der Waals surface area (Å²) >= 11 is 1.22. The number of ether oxygens (including phenoxy) is 1. The molecule has 0 bridgehead atoms. The zero-order valence-corrected chi connectivity index (χ0v) is 16.8. The van der Waals surface area contributed by atoms with Crippen LogP contribution in [0.4, 0.5) is 4.79 Å². The Balaban J connectivity index is 1.43. The van der Waals surface area contributed by atoms with Gasteiger partial charge in [-0.2, -0.15) is 11.8 Å². The Morgan fingerprint density at radius 3 is 2.20 bits per heavy atom. The van der Waals surface area contributed by atoms with Crippen molar-refractivity contribution in [2.24, 2.45) is 0 Å². The number of aliphatic carboxylic acids is 1. The van der Waals surface area contributed by atoms with Gasteiger partial charge in [0.2, 0.25) is 0 Å². The molecule has 0 fully saturated rings. The lowest BCUT2D eigenvalue weighted by Gasteiger charge is -2.16. The largest absolute Gasteiger partial charge is 0.480 e. The molecular formula is C21H20N2O6S. The van der Waals surface area contributed by atoms with E-state index in [4.69, 9.17) is 4.74 Å². The van der Waals surface area contributed by atoms with Gasteiger partial charge in [0, 0.05) is 18.1 Å². The molecule has 9 heteroatoms. The molecule has 3 amide bonds. The van der Waals surface area contributed by atoms with Gasteiger partial charge in [-0.25, -0.2) is 9.59 Å². The molecule has 1 aliphatic rings. The van der Waals surface area contributed by atoms with Gasteiger partial charge >= 0.3 is 12.1 Å². The van der Waals surface area contributed by atoms with Crippen molar-refractivity contribution in [3.05, 3.63) is 71.3 Å². The number of hydrogen-bond donors (Lipinski definition) is 2. The summed E-state index contributed by atoms with van der Waals surface area (Å²) < 4.78 is 5.04. The fraction of sp³-hybridized carbons (Fsp3) is 0.238. The fourth-order valence-corrected chi connectivity index (χ4v) is 3.82. The van der Waals surface area contributed by atoms with Crippen molar-refractivity contribution in [3.63, 3.8) is 0 Å². The van der Waals surface area contributed by atoms with Crippen LogP contribution in [0.5, 0.6) is 0 Å². The van der Waals surface area contributed by atoms with Crippen LogP contribution in [0, 0.1) is 0 Å². The molecule has 8 nitrogen and oxygen atoms in total. The molecule has 0 aromatic heterocycles. The van der Waals surface area contributed by atoms with Crippen LogP contribution in [-0.4, -0.2) is 58.0 Å². The Morgan fingerprint density at radius 1 is 1.00 bits per heavy atom. The van der Waals surface area contributed by atoms with Gasteiger partial charge < -0.3 is 15.2 Å². The number of alkyl carbamates (subject to hydrolysis) is 1. The average molecular weight is 428 g/mol. The maximum atomic E-state index is 12.3. The number of carboxylic acid groups (broad SMARTS) is 1. The second kappa shape index (κ2) is 9.93. The van der Waals surface area contributed by atoms with Gasteiger partial charge in [0.1, 0.15) is 12.6 Å². The van der Waals surface area contributed by atoms with Crippen LogP contribution < -0.4 is 5.32 Å². The summed E-state index contributed by atoms with van der Waals surface area (Å²) in [5.74, 6) is -1.49. The van der Waals surface area contributed by atoms with E-state index in [2.05, 4.69) is 5.32 Å². The lowest BCUT2D eigenvalue weighted by atomic mass is 10.1. The van der Waals surface area contributed by atoms with Crippen molar-refractivity contribution in [1.82, 2.24) is 10.2 Å². The average Bonchev–Trinajstić information content (AvgIpc) is 3.00. The summed E-state index contributed by atoms with van der Waals surface area (Å²) in [5.41, 5.74) is 1.53. The van der Waals surface area contributed by atoms with Crippen molar-refractivity contribution in [1.29, 1.82) is 0 Å². The van der Waals surface area contributed by atoms with Gasteiger partial charge in [-0.05, 0) is 17.7 Å². The summed E-state index contributed by atoms with van der Waals surface area (Å²) in [6.45, 7) is 0.188. The van der Waals surface area contributed by atoms with E-state index >= 15 is 0 Å². The number of nitrogens with zero attached hydrogens (tertiary/aromatic N) is 1. The third-order valence-corrected chi connectivity index (χ3v) is 5.47. The predicted octanol–water partition coefficient (Wildman–Crippen LogP) is 2.40. The van der Waals surface area contributed by atoms with Crippen LogP contribution in [-0.2, 0) is 16.1 Å². The highest BCUT2D eigenvalue weighted by molar-refractivity contribution is 7.99. The van der Waals surface area contributed by atoms with Crippen LogP contribution in [0.2, 0.25) is 0 Å². The van der Waals surface area contributed by atoms with Crippen molar-refractivity contribution in [2.75, 3.05) is 18.1 Å². The van der Waals surface area contributed by atoms with Crippen LogP contribution in [0.1, 0.15) is 26.3 Å². The van der Waals surface area contributed by atoms with Crippen LogP contribution >= 0.6 is 11.8 Å². The molecule has 2 aromatic carbocycles. The number of rotatable bonds is 9. The molecule has 2 N–H and O–H groups in total. The van der Waals surface area contributed by atoms with Gasteiger partial charge in [0.05, 0.1) is 11.1 Å². The first-order valence-electron chi connectivity index (χ1n) is 9.20. The molecule has 0 aliphatic carbocycles. The number of nitrogens with one attached hydrogen (secondary N) is 1. The second-order valence-corrected chi connectivity index (χ2v) is 7.63. The monoisotopic (exact) mass is 428 g/mol. The molecule has 1 heterocycles. The number of carbonyl (C=O) groups is 4. The summed E-state index contributed by atoms with van der Waals surface area (Å²) in [4.78, 5) is 49.1. The van der Waals surface area contributed by atoms with E-state index in [1.54, 1.807) is 36.4 Å². The van der Waals surface area contributed by atoms with E-state index in [-0.39, 0.29) is 30.7 Å². The van der Waals surface area contributed by atoms with Gasteiger partial charge in [-0.15, -0.1) is 0 Å². The predicted molar refractivity (Wildman–Crippen MR) is 110 cm³/mol. The first-order valence-corrected chi connectivity index (χ1v) is 10.4. The lowest BCUT2D eigenvalue weighted by Crippen LogP contribution is -2.43. The molecule has 0 spiro atoms. The Bertz CT molecular complexity index is 915. The minimum atomic E-state index is -1.19. The summed E-state index contributed by atoms with van der Waals surface area (Å²) in [6, 6.07) is 14.5.